The summed E-state index contributed by atoms with van der Waals surface area (Å²) in [6, 6.07) is 0. The molecule has 65 nitrogen and oxygen atoms in total. The average molecular weight is 2080 g/mol. The van der Waals surface area contributed by atoms with Gasteiger partial charge in [0, 0.05) is 12.8 Å². The molecule has 0 aromatic heterocycles. The minimum Gasteiger partial charge on any atom is -0.477 e. The maximum absolute atomic E-state index is 13.7. The Labute approximate surface area is 792 Å². The van der Waals surface area contributed by atoms with Gasteiger partial charge in [0.05, 0.1) is 91.5 Å². The third-order valence-electron chi connectivity index (χ3n) is 26.3. The highest BCUT2D eigenvalue weighted by Crippen LogP contribution is 2.46. The molecule has 0 unspecified atom stereocenters. The number of carbonyl (C=O) groups is 2. The van der Waals surface area contributed by atoms with Crippen LogP contribution in [-0.2, 0) is 119 Å². The summed E-state index contributed by atoms with van der Waals surface area (Å²) in [5, 5.41) is 445. The van der Waals surface area contributed by atoms with Crippen LogP contribution in [0.2, 0.25) is 0 Å². The lowest BCUT2D eigenvalue weighted by Gasteiger charge is -2.52. The first kappa shape index (κ1) is 116. The lowest BCUT2D eigenvalue weighted by molar-refractivity contribution is -0.420. The third-order valence-corrected chi connectivity index (χ3v) is 26.3. The van der Waals surface area contributed by atoms with Gasteiger partial charge in [-0.1, -0.05) is 0 Å². The molecule has 0 spiro atoms. The SMILES string of the molecule is O=C(O)[C@@]1(O[C@@H]2C[C@](O)(C(=O)O)O[C@H]([C@H](O)CO)[C@@H]2O[C@H]2O[C@H](CO[C@@H]3O[C@H](CO)[C@@H](O)[C@H](O)[C@H]3O[C@H]3O[C@H](CO)[C@@H](O[C@@H]4O[C@H](CO)[C@H](O[C@H]5O[C@H](CO)[C@H](O)[C@H](O)[C@H]5O)[C@H](O)[C@H]4O)[C@H](O)[C@H]3O)[C@@H](O[C@@H]3O[C@H](CO)[C@@H](O)[C@H](O)[C@H]3O[C@H]3O[C@H](CO)[C@@H](O[C@@H]4O[C@H](CO)[C@H](O[C@H]5O[C@H](CO)[C@H](O)[C@H](O)[C@H]5O)[C@H](O)[C@H]4O)[C@H](O)[C@H]3O)[C@H](O[C@@H]3O[C@H](CO)[C@@H](O)[C@H](O)[C@H]3O)[C@H]2O)C[C@@H](O)[C@@H](O)[C@@H]([C@H](O)CO)O1. The Kier molecular flexibility index (Phi) is 40.6. The molecule has 65 heteroatoms. The van der Waals surface area contributed by atoms with Gasteiger partial charge in [-0.3, -0.25) is 0 Å². The zero-order chi connectivity index (χ0) is 104. The number of hydrogen-bond acceptors (Lipinski definition) is 63. The predicted molar refractivity (Wildman–Crippen MR) is 417 cm³/mol. The highest BCUT2D eigenvalue weighted by Gasteiger charge is 2.66. The first-order valence-corrected chi connectivity index (χ1v) is 44.3. The number of aliphatic hydroxyl groups excluding tert-OH is 37. The molecule has 0 aromatic carbocycles. The molecule has 12 rings (SSSR count). The van der Waals surface area contributed by atoms with Crippen molar-refractivity contribution in [3.05, 3.63) is 0 Å². The van der Waals surface area contributed by atoms with Crippen LogP contribution in [0.1, 0.15) is 12.8 Å². The fourth-order valence-corrected chi connectivity index (χ4v) is 18.2. The van der Waals surface area contributed by atoms with E-state index in [-0.39, 0.29) is 0 Å². The van der Waals surface area contributed by atoms with Gasteiger partial charge in [0.15, 0.2) is 62.9 Å². The molecule has 12 saturated heterocycles. The first-order chi connectivity index (χ1) is 66.6. The Morgan fingerprint density at radius 2 is 0.518 bits per heavy atom. The van der Waals surface area contributed by atoms with Crippen LogP contribution in [0.25, 0.3) is 0 Å². The molecule has 0 aromatic rings. The molecule has 40 N–H and O–H groups in total. The van der Waals surface area contributed by atoms with E-state index in [1.807, 2.05) is 0 Å². The molecule has 0 radical (unpaired) electrons. The second-order valence-electron chi connectivity index (χ2n) is 35.5. The van der Waals surface area contributed by atoms with E-state index < -0.39 is 472 Å². The Hall–Kier alpha value is -3.50. The van der Waals surface area contributed by atoms with E-state index in [1.165, 1.54) is 0 Å². The van der Waals surface area contributed by atoms with Gasteiger partial charge < -0.3 is 313 Å². The van der Waals surface area contributed by atoms with E-state index in [0.717, 1.165) is 0 Å². The Morgan fingerprint density at radius 3 is 0.851 bits per heavy atom. The lowest BCUT2D eigenvalue weighted by atomic mass is 9.89. The maximum Gasteiger partial charge on any atom is 0.364 e. The van der Waals surface area contributed by atoms with Gasteiger partial charge in [-0.2, -0.15) is 0 Å². The van der Waals surface area contributed by atoms with E-state index in [1.54, 1.807) is 0 Å². The number of aliphatic carboxylic acids is 2. The smallest absolute Gasteiger partial charge is 0.364 e. The van der Waals surface area contributed by atoms with Crippen molar-refractivity contribution in [2.75, 3.05) is 79.3 Å². The summed E-state index contributed by atoms with van der Waals surface area (Å²) >= 11 is 0. The molecule has 12 aliphatic heterocycles. The number of rotatable bonds is 38. The van der Waals surface area contributed by atoms with Crippen LogP contribution < -0.4 is 0 Å². The van der Waals surface area contributed by atoms with Crippen LogP contribution in [0.15, 0.2) is 0 Å². The summed E-state index contributed by atoms with van der Waals surface area (Å²) in [6.07, 6.45) is -140. The molecular formula is C76H126O65. The van der Waals surface area contributed by atoms with Crippen molar-refractivity contribution in [3.63, 3.8) is 0 Å². The van der Waals surface area contributed by atoms with Gasteiger partial charge in [-0.15, -0.1) is 0 Å². The zero-order valence-corrected chi connectivity index (χ0v) is 73.5. The van der Waals surface area contributed by atoms with E-state index in [4.69, 9.17) is 109 Å². The quantitative estimate of drug-likeness (QED) is 0.0273. The predicted octanol–water partition coefficient (Wildman–Crippen LogP) is -27.5. The second kappa shape index (κ2) is 49.3. The van der Waals surface area contributed by atoms with Crippen molar-refractivity contribution in [2.24, 2.45) is 0 Å². The summed E-state index contributed by atoms with van der Waals surface area (Å²) in [6.45, 7) is -15.5. The average Bonchev–Trinajstić information content (AvgIpc) is 0.748. The first-order valence-electron chi connectivity index (χ1n) is 44.3. The number of ether oxygens (including phenoxy) is 23. The summed E-state index contributed by atoms with van der Waals surface area (Å²) in [4.78, 5) is 26.8. The number of hydrogen-bond donors (Lipinski definition) is 40. The molecular weight excluding hydrogens is 1950 g/mol. The van der Waals surface area contributed by atoms with E-state index >= 15 is 0 Å². The Morgan fingerprint density at radius 1 is 0.255 bits per heavy atom. The fourth-order valence-electron chi connectivity index (χ4n) is 18.2. The van der Waals surface area contributed by atoms with Crippen LogP contribution in [0, 0.1) is 0 Å². The van der Waals surface area contributed by atoms with Crippen molar-refractivity contribution in [1.29, 1.82) is 0 Å². The molecule has 0 amide bonds. The Bertz CT molecular complexity index is 3820. The van der Waals surface area contributed by atoms with Gasteiger partial charge in [0.2, 0.25) is 0 Å². The van der Waals surface area contributed by atoms with Crippen molar-refractivity contribution in [2.45, 2.75) is 380 Å². The molecule has 0 aliphatic carbocycles. The normalized spacial score (nSPS) is 51.8. The van der Waals surface area contributed by atoms with Gasteiger partial charge in [-0.25, -0.2) is 9.59 Å². The highest BCUT2D eigenvalue weighted by atomic mass is 16.8. The summed E-state index contributed by atoms with van der Waals surface area (Å²) in [7, 11) is 0. The van der Waals surface area contributed by atoms with Crippen LogP contribution in [0.3, 0.4) is 0 Å². The third kappa shape index (κ3) is 24.0. The molecule has 0 saturated carbocycles. The molecule has 820 valence electrons. The fraction of sp³-hybridized carbons (Fsp3) is 0.974. The zero-order valence-electron chi connectivity index (χ0n) is 73.5. The van der Waals surface area contributed by atoms with Crippen LogP contribution in [0.4, 0.5) is 0 Å². The molecule has 60 atom stereocenters. The van der Waals surface area contributed by atoms with Crippen LogP contribution in [0.5, 0.6) is 0 Å². The van der Waals surface area contributed by atoms with Gasteiger partial charge in [0.1, 0.15) is 281 Å². The number of carboxylic acids is 2. The lowest BCUT2D eigenvalue weighted by Crippen LogP contribution is -2.70. The number of aliphatic hydroxyl groups is 38. The van der Waals surface area contributed by atoms with Gasteiger partial charge >= 0.3 is 11.9 Å². The monoisotopic (exact) mass is 2080 g/mol. The largest absolute Gasteiger partial charge is 0.477 e. The van der Waals surface area contributed by atoms with Gasteiger partial charge in [-0.05, 0) is 0 Å². The second-order valence-corrected chi connectivity index (χ2v) is 35.5. The molecule has 12 aliphatic rings. The number of carboxylic acid groups (broad SMARTS) is 2. The molecule has 12 heterocycles. The van der Waals surface area contributed by atoms with Crippen molar-refractivity contribution >= 4 is 11.9 Å². The van der Waals surface area contributed by atoms with Crippen LogP contribution >= 0.6 is 0 Å². The van der Waals surface area contributed by atoms with E-state index in [0.29, 0.717) is 0 Å². The summed E-state index contributed by atoms with van der Waals surface area (Å²) in [5.41, 5.74) is 0. The minimum absolute atomic E-state index is 0.963. The Balaban J connectivity index is 0.902. The van der Waals surface area contributed by atoms with E-state index in [9.17, 15) is 214 Å². The summed E-state index contributed by atoms with van der Waals surface area (Å²) < 4.78 is 135. The van der Waals surface area contributed by atoms with Crippen molar-refractivity contribution in [1.82, 2.24) is 0 Å². The van der Waals surface area contributed by atoms with Crippen molar-refractivity contribution < 1.29 is 323 Å². The molecule has 12 fully saturated rings. The van der Waals surface area contributed by atoms with Gasteiger partial charge in [0.25, 0.3) is 11.6 Å². The topological polar surface area (TPSA) is 1060 Å². The van der Waals surface area contributed by atoms with E-state index in [2.05, 4.69) is 0 Å². The summed E-state index contributed by atoms with van der Waals surface area (Å²) in [5.74, 6) is -12.1. The van der Waals surface area contributed by atoms with Crippen LogP contribution in [-0.4, -0.2) is 663 Å². The standard InChI is InChI=1S/C76H126O65/c77-3-16(89)52-29(91)15(88)1-76(141-52,74(116)117)139-18-2-75(118,73(114)115)140-53(17(90)4-78)58(18)134-70-51(113)60(136-65-46(108)37(99)32(94)21(7-81)122-65)59(135-72-62(39(101)34(96)23(9-83)124-72)138-69-50(112)43(105)57(27(13-87)128-69)133-67-48(110)41(103)55(25(11-85)126-67)131-64-45(107)36(98)31(93)20(6-80)121-64)28(129-70)14-119-71-61(38(100)33(95)22(8-82)123-71)137-68-49(111)42(104)56(26(12-86)127-68)132-66-47(109)40(102)54(24(10-84)125-66)130-63-44(106)35(97)30(92)19(5-79)120-63/h15-72,77-113,118H,1-14H2,(H,114,115)(H,116,117)/t15-,16-,17-,18-,19-,20-,21-,22-,23-,24-,25-,26-,27-,28-,29-,30+,31+,32-,33-,34-,35+,36+,37+,38+,39+,40-,41-,42-,43-,44-,45-,46-,47-,48-,49-,50-,51-,52-,53-,54+,55+,56-,57-,58-,59-,60-,61-,62-,63-,64-,65+,66+,67+,68-,69-,70-,71-,72+,75-,76-/m1/s1. The maximum atomic E-state index is 13.7. The minimum atomic E-state index is -3.78. The molecule has 0 bridgehead atoms. The highest BCUT2D eigenvalue weighted by molar-refractivity contribution is 5.77. The van der Waals surface area contributed by atoms with Crippen molar-refractivity contribution in [3.8, 4) is 0 Å². The molecule has 141 heavy (non-hydrogen) atoms.